The fourth-order valence-electron chi connectivity index (χ4n) is 4.31. The summed E-state index contributed by atoms with van der Waals surface area (Å²) in [5.41, 5.74) is 2.13. The number of hydrogen-bond donors (Lipinski definition) is 1. The molecule has 1 saturated carbocycles. The fourth-order valence-corrected chi connectivity index (χ4v) is 4.31. The first-order valence-electron chi connectivity index (χ1n) is 10.1. The van der Waals surface area contributed by atoms with E-state index in [1.807, 2.05) is 18.2 Å². The Kier molecular flexibility index (Phi) is 5.42. The molecule has 0 saturated heterocycles. The summed E-state index contributed by atoms with van der Waals surface area (Å²) in [6.45, 7) is 0.274. The highest BCUT2D eigenvalue weighted by Crippen LogP contribution is 2.35. The molecule has 146 valence electrons. The van der Waals surface area contributed by atoms with Gasteiger partial charge in [-0.3, -0.25) is 9.59 Å². The normalized spacial score (nSPS) is 20.0. The Hall–Kier alpha value is -2.69. The molecule has 1 aliphatic heterocycles. The standard InChI is InChI=1S/C23H25FN2O2/c24-17-13-11-16(12-14-17)15-26-21(19-9-5-6-10-20(19)23(26)28)22(27)25-18-7-3-1-2-4-8-18/h5-6,9-14,18,21H,1-4,7-8,15H2,(H,25,27). The number of rotatable bonds is 4. The molecule has 1 N–H and O–H groups in total. The second kappa shape index (κ2) is 8.13. The van der Waals surface area contributed by atoms with Gasteiger partial charge in [0.2, 0.25) is 5.91 Å². The molecular weight excluding hydrogens is 355 g/mol. The number of benzene rings is 2. The first-order chi connectivity index (χ1) is 13.6. The van der Waals surface area contributed by atoms with Gasteiger partial charge in [0, 0.05) is 18.2 Å². The van der Waals surface area contributed by atoms with Crippen LogP contribution < -0.4 is 5.32 Å². The van der Waals surface area contributed by atoms with Crippen LogP contribution in [0.2, 0.25) is 0 Å². The van der Waals surface area contributed by atoms with Crippen molar-refractivity contribution in [3.05, 3.63) is 71.0 Å². The summed E-state index contributed by atoms with van der Waals surface area (Å²) in [5.74, 6) is -0.587. The summed E-state index contributed by atoms with van der Waals surface area (Å²) >= 11 is 0. The van der Waals surface area contributed by atoms with Crippen LogP contribution in [-0.2, 0) is 11.3 Å². The molecular formula is C23H25FN2O2. The smallest absolute Gasteiger partial charge is 0.255 e. The maximum absolute atomic E-state index is 13.2. The summed E-state index contributed by atoms with van der Waals surface area (Å²) < 4.78 is 13.2. The molecule has 0 bridgehead atoms. The van der Waals surface area contributed by atoms with E-state index < -0.39 is 6.04 Å². The summed E-state index contributed by atoms with van der Waals surface area (Å²) in [6.07, 6.45) is 6.68. The van der Waals surface area contributed by atoms with E-state index >= 15 is 0 Å². The summed E-state index contributed by atoms with van der Waals surface area (Å²) in [7, 11) is 0. The molecule has 0 spiro atoms. The topological polar surface area (TPSA) is 49.4 Å². The molecule has 2 aromatic carbocycles. The molecule has 2 amide bonds. The van der Waals surface area contributed by atoms with Gasteiger partial charge in [-0.15, -0.1) is 0 Å². The van der Waals surface area contributed by atoms with Crippen LogP contribution in [0.25, 0.3) is 0 Å². The highest BCUT2D eigenvalue weighted by atomic mass is 19.1. The average Bonchev–Trinajstić information content (AvgIpc) is 2.85. The lowest BCUT2D eigenvalue weighted by Gasteiger charge is -2.27. The van der Waals surface area contributed by atoms with E-state index in [1.165, 1.54) is 25.0 Å². The van der Waals surface area contributed by atoms with Gasteiger partial charge in [0.25, 0.3) is 5.91 Å². The lowest BCUT2D eigenvalue weighted by atomic mass is 10.0. The Morgan fingerprint density at radius 2 is 1.68 bits per heavy atom. The Bertz CT molecular complexity index is 857. The minimum atomic E-state index is -0.642. The van der Waals surface area contributed by atoms with E-state index in [1.54, 1.807) is 23.1 Å². The number of nitrogens with zero attached hydrogens (tertiary/aromatic N) is 1. The van der Waals surface area contributed by atoms with Crippen molar-refractivity contribution in [2.45, 2.75) is 57.2 Å². The highest BCUT2D eigenvalue weighted by molar-refractivity contribution is 6.04. The van der Waals surface area contributed by atoms with Crippen molar-refractivity contribution in [1.29, 1.82) is 0 Å². The van der Waals surface area contributed by atoms with Gasteiger partial charge < -0.3 is 10.2 Å². The highest BCUT2D eigenvalue weighted by Gasteiger charge is 2.41. The van der Waals surface area contributed by atoms with Gasteiger partial charge in [0.05, 0.1) is 0 Å². The predicted molar refractivity (Wildman–Crippen MR) is 105 cm³/mol. The van der Waals surface area contributed by atoms with E-state index in [0.717, 1.165) is 36.8 Å². The van der Waals surface area contributed by atoms with Crippen LogP contribution in [0, 0.1) is 5.82 Å². The van der Waals surface area contributed by atoms with Gasteiger partial charge in [-0.25, -0.2) is 4.39 Å². The quantitative estimate of drug-likeness (QED) is 0.801. The lowest BCUT2D eigenvalue weighted by molar-refractivity contribution is -0.126. The zero-order valence-electron chi connectivity index (χ0n) is 15.9. The number of hydrogen-bond acceptors (Lipinski definition) is 2. The van der Waals surface area contributed by atoms with Crippen LogP contribution in [0.5, 0.6) is 0 Å². The number of carbonyl (C=O) groups is 2. The Labute approximate surface area is 164 Å². The molecule has 1 atom stereocenters. The van der Waals surface area contributed by atoms with Crippen molar-refractivity contribution in [2.24, 2.45) is 0 Å². The minimum absolute atomic E-state index is 0.118. The zero-order valence-corrected chi connectivity index (χ0v) is 15.9. The molecule has 1 heterocycles. The third-order valence-electron chi connectivity index (χ3n) is 5.77. The first-order valence-corrected chi connectivity index (χ1v) is 10.1. The van der Waals surface area contributed by atoms with E-state index in [9.17, 15) is 14.0 Å². The van der Waals surface area contributed by atoms with Crippen LogP contribution in [0.4, 0.5) is 4.39 Å². The fraction of sp³-hybridized carbons (Fsp3) is 0.391. The maximum Gasteiger partial charge on any atom is 0.255 e. The van der Waals surface area contributed by atoms with Crippen molar-refractivity contribution < 1.29 is 14.0 Å². The van der Waals surface area contributed by atoms with Crippen molar-refractivity contribution in [3.8, 4) is 0 Å². The second-order valence-corrected chi connectivity index (χ2v) is 7.75. The molecule has 5 heteroatoms. The largest absolute Gasteiger partial charge is 0.351 e. The lowest BCUT2D eigenvalue weighted by Crippen LogP contribution is -2.43. The van der Waals surface area contributed by atoms with Gasteiger partial charge in [-0.2, -0.15) is 0 Å². The molecule has 0 radical (unpaired) electrons. The van der Waals surface area contributed by atoms with Gasteiger partial charge >= 0.3 is 0 Å². The molecule has 4 rings (SSSR count). The monoisotopic (exact) mass is 380 g/mol. The SMILES string of the molecule is O=C(NC1CCCCCC1)C1c2ccccc2C(=O)N1Cc1ccc(F)cc1. The Morgan fingerprint density at radius 3 is 2.39 bits per heavy atom. The van der Waals surface area contributed by atoms with Gasteiger partial charge in [0.15, 0.2) is 0 Å². The number of carbonyl (C=O) groups excluding carboxylic acids is 2. The van der Waals surface area contributed by atoms with E-state index in [2.05, 4.69) is 5.32 Å². The molecule has 2 aliphatic rings. The molecule has 4 nitrogen and oxygen atoms in total. The number of nitrogens with one attached hydrogen (secondary N) is 1. The van der Waals surface area contributed by atoms with Gasteiger partial charge in [-0.1, -0.05) is 56.0 Å². The molecule has 0 aromatic heterocycles. The van der Waals surface area contributed by atoms with Crippen LogP contribution >= 0.6 is 0 Å². The summed E-state index contributed by atoms with van der Waals surface area (Å²) in [6, 6.07) is 12.9. The Morgan fingerprint density at radius 1 is 1.00 bits per heavy atom. The van der Waals surface area contributed by atoms with Crippen LogP contribution in [0.15, 0.2) is 48.5 Å². The van der Waals surface area contributed by atoms with Gasteiger partial charge in [-0.05, 0) is 42.2 Å². The second-order valence-electron chi connectivity index (χ2n) is 7.75. The summed E-state index contributed by atoms with van der Waals surface area (Å²) in [4.78, 5) is 27.8. The predicted octanol–water partition coefficient (Wildman–Crippen LogP) is 4.36. The van der Waals surface area contributed by atoms with E-state index in [-0.39, 0.29) is 30.2 Å². The Balaban J connectivity index is 1.59. The van der Waals surface area contributed by atoms with Crippen molar-refractivity contribution in [3.63, 3.8) is 0 Å². The minimum Gasteiger partial charge on any atom is -0.351 e. The number of fused-ring (bicyclic) bond motifs is 1. The van der Waals surface area contributed by atoms with Gasteiger partial charge in [0.1, 0.15) is 11.9 Å². The van der Waals surface area contributed by atoms with Crippen LogP contribution in [0.3, 0.4) is 0 Å². The molecule has 2 aromatic rings. The van der Waals surface area contributed by atoms with E-state index in [4.69, 9.17) is 0 Å². The van der Waals surface area contributed by atoms with Crippen molar-refractivity contribution in [2.75, 3.05) is 0 Å². The third kappa shape index (κ3) is 3.79. The van der Waals surface area contributed by atoms with Crippen molar-refractivity contribution in [1.82, 2.24) is 10.2 Å². The molecule has 28 heavy (non-hydrogen) atoms. The van der Waals surface area contributed by atoms with Crippen LogP contribution in [-0.4, -0.2) is 22.8 Å². The third-order valence-corrected chi connectivity index (χ3v) is 5.77. The maximum atomic E-state index is 13.2. The zero-order chi connectivity index (χ0) is 19.5. The molecule has 1 unspecified atom stereocenters. The average molecular weight is 380 g/mol. The number of halogens is 1. The first kappa shape index (κ1) is 18.7. The number of amides is 2. The molecule has 1 fully saturated rings. The van der Waals surface area contributed by atoms with Crippen LogP contribution in [0.1, 0.15) is 66.1 Å². The van der Waals surface area contributed by atoms with Crippen molar-refractivity contribution >= 4 is 11.8 Å². The van der Waals surface area contributed by atoms with E-state index in [0.29, 0.717) is 5.56 Å². The summed E-state index contributed by atoms with van der Waals surface area (Å²) in [5, 5.41) is 3.19. The molecule has 1 aliphatic carbocycles.